The van der Waals surface area contributed by atoms with E-state index in [0.29, 0.717) is 39.5 Å². The number of thioether (sulfide) groups is 1. The van der Waals surface area contributed by atoms with Gasteiger partial charge >= 0.3 is 5.97 Å². The molecule has 4 fully saturated rings. The number of carbonyl (C=O) groups excluding carboxylic acids is 3. The van der Waals surface area contributed by atoms with Gasteiger partial charge in [-0.3, -0.25) is 19.3 Å². The van der Waals surface area contributed by atoms with E-state index >= 15 is 0 Å². The zero-order chi connectivity index (χ0) is 30.1. The van der Waals surface area contributed by atoms with Gasteiger partial charge in [-0.2, -0.15) is 0 Å². The van der Waals surface area contributed by atoms with Crippen LogP contribution in [0.4, 0.5) is 0 Å². The molecule has 10 heteroatoms. The van der Waals surface area contributed by atoms with Gasteiger partial charge in [0.05, 0.1) is 36.4 Å². The van der Waals surface area contributed by atoms with E-state index in [1.807, 2.05) is 15.9 Å². The maximum Gasteiger partial charge on any atom is 0.310 e. The van der Waals surface area contributed by atoms with Crippen LogP contribution in [0.25, 0.3) is 0 Å². The van der Waals surface area contributed by atoms with Crippen molar-refractivity contribution in [3.05, 3.63) is 25.3 Å². The molecule has 2 bridgehead atoms. The summed E-state index contributed by atoms with van der Waals surface area (Å²) in [5.41, 5.74) is 0. The molecule has 42 heavy (non-hydrogen) atoms. The van der Waals surface area contributed by atoms with E-state index in [0.717, 1.165) is 71.0 Å². The lowest BCUT2D eigenvalue weighted by Crippen LogP contribution is -2.58. The zero-order valence-electron chi connectivity index (χ0n) is 25.4. The highest BCUT2D eigenvalue weighted by molar-refractivity contribution is 8.02. The molecular formula is C32H51N3O6S. The number of hydrogen-bond donors (Lipinski definition) is 1. The van der Waals surface area contributed by atoms with Crippen LogP contribution in [-0.4, -0.2) is 119 Å². The van der Waals surface area contributed by atoms with Crippen LogP contribution >= 0.6 is 11.8 Å². The van der Waals surface area contributed by atoms with Crippen molar-refractivity contribution in [1.29, 1.82) is 0 Å². The molecule has 2 amide bonds. The summed E-state index contributed by atoms with van der Waals surface area (Å²) in [5, 5.41) is 9.18. The average Bonchev–Trinajstić information content (AvgIpc) is 3.58. The molecule has 0 aromatic rings. The Bertz CT molecular complexity index is 959. The Morgan fingerprint density at radius 1 is 1.12 bits per heavy atom. The number of morpholine rings is 1. The molecule has 4 aliphatic rings. The molecule has 4 aliphatic heterocycles. The molecule has 1 N–H and O–H groups in total. The fourth-order valence-electron chi connectivity index (χ4n) is 7.42. The lowest BCUT2D eigenvalue weighted by Gasteiger charge is -2.41. The van der Waals surface area contributed by atoms with E-state index in [-0.39, 0.29) is 35.6 Å². The van der Waals surface area contributed by atoms with Gasteiger partial charge in [0.25, 0.3) is 0 Å². The number of nitrogens with zero attached hydrogens (tertiary/aromatic N) is 3. The van der Waals surface area contributed by atoms with Gasteiger partial charge in [-0.05, 0) is 44.4 Å². The van der Waals surface area contributed by atoms with Gasteiger partial charge < -0.3 is 24.4 Å². The van der Waals surface area contributed by atoms with Crippen LogP contribution in [-0.2, 0) is 23.9 Å². The average molecular weight is 606 g/mol. The third-order valence-corrected chi connectivity index (χ3v) is 11.6. The minimum absolute atomic E-state index is 0.0159. The molecule has 6 atom stereocenters. The van der Waals surface area contributed by atoms with Gasteiger partial charge in [0, 0.05) is 51.1 Å². The van der Waals surface area contributed by atoms with Gasteiger partial charge in [0.15, 0.2) is 0 Å². The van der Waals surface area contributed by atoms with Crippen molar-refractivity contribution >= 4 is 29.5 Å². The molecule has 4 heterocycles. The number of fused-ring (bicyclic) bond motifs is 1. The van der Waals surface area contributed by atoms with Crippen molar-refractivity contribution in [2.75, 3.05) is 65.7 Å². The van der Waals surface area contributed by atoms with Gasteiger partial charge in [-0.1, -0.05) is 31.9 Å². The first-order valence-electron chi connectivity index (χ1n) is 16.0. The van der Waals surface area contributed by atoms with Gasteiger partial charge in [0.2, 0.25) is 11.8 Å². The van der Waals surface area contributed by atoms with Gasteiger partial charge in [-0.15, -0.1) is 24.9 Å². The van der Waals surface area contributed by atoms with Crippen molar-refractivity contribution in [3.63, 3.8) is 0 Å². The lowest BCUT2D eigenvalue weighted by molar-refractivity contribution is -0.154. The van der Waals surface area contributed by atoms with Crippen molar-refractivity contribution in [3.8, 4) is 0 Å². The molecule has 9 nitrogen and oxygen atoms in total. The maximum atomic E-state index is 14.6. The monoisotopic (exact) mass is 605 g/mol. The highest BCUT2D eigenvalue weighted by Gasteiger charge is 2.76. The number of aliphatic hydroxyl groups is 1. The second-order valence-corrected chi connectivity index (χ2v) is 13.7. The molecule has 0 aliphatic carbocycles. The molecule has 0 saturated carbocycles. The Morgan fingerprint density at radius 3 is 2.60 bits per heavy atom. The van der Waals surface area contributed by atoms with Gasteiger partial charge in [0.1, 0.15) is 6.04 Å². The number of unbranched alkanes of at least 4 members (excludes halogenated alkanes) is 5. The highest BCUT2D eigenvalue weighted by Crippen LogP contribution is 2.68. The summed E-state index contributed by atoms with van der Waals surface area (Å²) < 4.78 is 10.6. The van der Waals surface area contributed by atoms with E-state index in [1.54, 1.807) is 17.8 Å². The molecule has 1 spiro atoms. The third-order valence-electron chi connectivity index (χ3n) is 9.56. The first-order chi connectivity index (χ1) is 20.4. The molecule has 0 aromatic heterocycles. The Kier molecular flexibility index (Phi) is 12.4. The third kappa shape index (κ3) is 6.92. The summed E-state index contributed by atoms with van der Waals surface area (Å²) in [6.07, 6.45) is 10.2. The van der Waals surface area contributed by atoms with E-state index in [4.69, 9.17) is 9.47 Å². The summed E-state index contributed by atoms with van der Waals surface area (Å²) in [7, 11) is 0. The number of amides is 2. The second-order valence-electron chi connectivity index (χ2n) is 12.2. The number of rotatable bonds is 18. The normalized spacial score (nSPS) is 30.4. The summed E-state index contributed by atoms with van der Waals surface area (Å²) in [6, 6.07) is -0.618. The molecule has 0 radical (unpaired) electrons. The van der Waals surface area contributed by atoms with E-state index in [9.17, 15) is 19.5 Å². The Labute approximate surface area is 256 Å². The van der Waals surface area contributed by atoms with Crippen LogP contribution in [0.15, 0.2) is 25.3 Å². The Balaban J connectivity index is 1.57. The van der Waals surface area contributed by atoms with E-state index < -0.39 is 22.6 Å². The first-order valence-corrected chi connectivity index (χ1v) is 16.8. The number of ether oxygens (including phenoxy) is 2. The SMILES string of the molecule is C=CCCCCOC(=O)[C@@H]1[C@H]2C(=O)N(CCCCCCO)C(C(=O)N(CC=C)CCN3CCOCC3)C23S[C@@H]1CC3C. The van der Waals surface area contributed by atoms with E-state index in [1.165, 1.54) is 0 Å². The number of esters is 1. The Morgan fingerprint density at radius 2 is 1.88 bits per heavy atom. The summed E-state index contributed by atoms with van der Waals surface area (Å²) >= 11 is 1.70. The topological polar surface area (TPSA) is 99.6 Å². The molecular weight excluding hydrogens is 554 g/mol. The van der Waals surface area contributed by atoms with Crippen LogP contribution in [0.1, 0.15) is 58.3 Å². The first kappa shape index (κ1) is 33.0. The van der Waals surface area contributed by atoms with Crippen molar-refractivity contribution in [2.45, 2.75) is 74.3 Å². The zero-order valence-corrected chi connectivity index (χ0v) is 26.2. The van der Waals surface area contributed by atoms with Crippen molar-refractivity contribution in [2.24, 2.45) is 17.8 Å². The number of carbonyl (C=O) groups is 3. The highest BCUT2D eigenvalue weighted by atomic mass is 32.2. The predicted molar refractivity (Wildman–Crippen MR) is 165 cm³/mol. The molecule has 4 rings (SSSR count). The van der Waals surface area contributed by atoms with Crippen LogP contribution in [0, 0.1) is 17.8 Å². The Hall–Kier alpha value is -1.88. The van der Waals surface area contributed by atoms with Gasteiger partial charge in [-0.25, -0.2) is 0 Å². The van der Waals surface area contributed by atoms with Crippen molar-refractivity contribution < 1.29 is 29.0 Å². The van der Waals surface area contributed by atoms with Crippen molar-refractivity contribution in [1.82, 2.24) is 14.7 Å². The van der Waals surface area contributed by atoms with Crippen LogP contribution < -0.4 is 0 Å². The molecule has 3 unspecified atom stereocenters. The fourth-order valence-corrected chi connectivity index (χ4v) is 9.83. The molecule has 236 valence electrons. The number of allylic oxidation sites excluding steroid dienone is 1. The van der Waals surface area contributed by atoms with Crippen LogP contribution in [0.2, 0.25) is 0 Å². The van der Waals surface area contributed by atoms with Crippen LogP contribution in [0.3, 0.4) is 0 Å². The largest absolute Gasteiger partial charge is 0.465 e. The minimum atomic E-state index is -0.644. The standard InChI is InChI=1S/C32H51N3O6S/c1-4-6-7-12-20-41-31(39)26-25-23-24(3)32(42-25)27(26)29(37)35(14-10-8-9-11-19-36)28(32)30(38)34(13-5-2)16-15-33-17-21-40-22-18-33/h4-5,24-28,36H,1-2,6-23H2,3H3/t24?,25-,26+,27+,28?,32?/m1/s1. The maximum absolute atomic E-state index is 14.6. The second kappa shape index (κ2) is 15.7. The lowest BCUT2D eigenvalue weighted by atomic mass is 9.66. The fraction of sp³-hybridized carbons (Fsp3) is 0.781. The molecule has 4 saturated heterocycles. The summed E-state index contributed by atoms with van der Waals surface area (Å²) in [6.45, 7) is 15.6. The summed E-state index contributed by atoms with van der Waals surface area (Å²) in [4.78, 5) is 48.4. The number of likely N-dealkylation sites (tertiary alicyclic amines) is 1. The number of aliphatic hydroxyl groups excluding tert-OH is 1. The number of hydrogen-bond acceptors (Lipinski definition) is 8. The minimum Gasteiger partial charge on any atom is -0.465 e. The van der Waals surface area contributed by atoms with E-state index in [2.05, 4.69) is 25.0 Å². The quantitative estimate of drug-likeness (QED) is 0.145. The smallest absolute Gasteiger partial charge is 0.310 e. The predicted octanol–water partition coefficient (Wildman–Crippen LogP) is 3.12. The molecule has 0 aromatic carbocycles. The van der Waals surface area contributed by atoms with Crippen LogP contribution in [0.5, 0.6) is 0 Å². The summed E-state index contributed by atoms with van der Waals surface area (Å²) in [5.74, 6) is -1.34.